The van der Waals surface area contributed by atoms with Gasteiger partial charge in [0.1, 0.15) is 11.5 Å². The van der Waals surface area contributed by atoms with Gasteiger partial charge in [-0.3, -0.25) is 9.19 Å². The lowest BCUT2D eigenvalue weighted by atomic mass is 9.81. The van der Waals surface area contributed by atoms with Gasteiger partial charge in [-0.1, -0.05) is 25.3 Å². The molecule has 1 unspecified atom stereocenters. The van der Waals surface area contributed by atoms with Gasteiger partial charge in [-0.25, -0.2) is 0 Å². The first-order valence-corrected chi connectivity index (χ1v) is 16.6. The first-order valence-electron chi connectivity index (χ1n) is 15.5. The van der Waals surface area contributed by atoms with Gasteiger partial charge in [0.05, 0.1) is 22.6 Å². The summed E-state index contributed by atoms with van der Waals surface area (Å²) in [4.78, 5) is 5.17. The minimum atomic E-state index is -2.56. The summed E-state index contributed by atoms with van der Waals surface area (Å²) in [5.74, 6) is 1.43. The fourth-order valence-corrected chi connectivity index (χ4v) is 7.06. The van der Waals surface area contributed by atoms with E-state index in [9.17, 15) is 19.0 Å². The van der Waals surface area contributed by atoms with E-state index in [1.54, 1.807) is 27.7 Å². The van der Waals surface area contributed by atoms with Crippen LogP contribution >= 0.6 is 0 Å². The van der Waals surface area contributed by atoms with Crippen LogP contribution in [0, 0.1) is 13.8 Å². The van der Waals surface area contributed by atoms with Crippen molar-refractivity contribution >= 4 is 17.0 Å². The van der Waals surface area contributed by atoms with E-state index >= 15 is 0 Å². The molecular weight excluding hydrogens is 560 g/mol. The van der Waals surface area contributed by atoms with Crippen molar-refractivity contribution in [1.29, 1.82) is 0 Å². The molecule has 0 radical (unpaired) electrons. The minimum absolute atomic E-state index is 0.173. The maximum Gasteiger partial charge on any atom is 0.135 e. The number of anilines is 1. The second-order valence-electron chi connectivity index (χ2n) is 13.4. The van der Waals surface area contributed by atoms with Gasteiger partial charge in [-0.05, 0) is 132 Å². The van der Waals surface area contributed by atoms with Gasteiger partial charge in [0.2, 0.25) is 0 Å². The van der Waals surface area contributed by atoms with Crippen LogP contribution in [0.2, 0.25) is 0 Å². The van der Waals surface area contributed by atoms with Crippen LogP contribution < -0.4 is 9.46 Å². The number of ether oxygens (including phenoxy) is 1. The van der Waals surface area contributed by atoms with Crippen molar-refractivity contribution in [2.24, 2.45) is 0 Å². The Balaban J connectivity index is 1.78. The SMILES string of the molecule is Cc1cc(C(C)(C)O)cc(C)c1Oc1ccc(C(C)(C)O)cc1-c1c2c(nc(C3CCCCC3)c1NS(=O)[O-])CCCC2. The Hall–Kier alpha value is -2.78. The van der Waals surface area contributed by atoms with Crippen molar-refractivity contribution in [3.8, 4) is 22.6 Å². The number of fused-ring (bicyclic) bond motifs is 1. The summed E-state index contributed by atoms with van der Waals surface area (Å²) < 4.78 is 34.2. The smallest absolute Gasteiger partial charge is 0.135 e. The quantitative estimate of drug-likeness (QED) is 0.226. The Morgan fingerprint density at radius 1 is 0.907 bits per heavy atom. The molecule has 1 fully saturated rings. The first-order chi connectivity index (χ1) is 20.2. The molecule has 7 nitrogen and oxygen atoms in total. The van der Waals surface area contributed by atoms with Crippen molar-refractivity contribution < 1.29 is 23.7 Å². The van der Waals surface area contributed by atoms with Crippen LogP contribution in [0.5, 0.6) is 11.5 Å². The van der Waals surface area contributed by atoms with Gasteiger partial charge < -0.3 is 24.2 Å². The Kier molecular flexibility index (Phi) is 9.06. The molecule has 0 bridgehead atoms. The topological polar surface area (TPSA) is 115 Å². The average Bonchev–Trinajstić information content (AvgIpc) is 2.94. The average molecular weight is 606 g/mol. The number of nitrogens with one attached hydrogen (secondary N) is 1. The monoisotopic (exact) mass is 605 g/mol. The molecule has 5 rings (SSSR count). The number of hydrogen-bond acceptors (Lipinski definition) is 6. The van der Waals surface area contributed by atoms with Crippen LogP contribution in [-0.2, 0) is 35.3 Å². The van der Waals surface area contributed by atoms with Crippen LogP contribution in [0.3, 0.4) is 0 Å². The number of nitrogens with zero attached hydrogens (tertiary/aromatic N) is 1. The molecule has 232 valence electrons. The summed E-state index contributed by atoms with van der Waals surface area (Å²) in [6, 6.07) is 9.56. The number of hydrogen-bond donors (Lipinski definition) is 3. The summed E-state index contributed by atoms with van der Waals surface area (Å²) in [7, 11) is 0. The molecule has 2 aliphatic carbocycles. The van der Waals surface area contributed by atoms with Crippen LogP contribution in [0.4, 0.5) is 5.69 Å². The second-order valence-corrected chi connectivity index (χ2v) is 14.1. The number of aryl methyl sites for hydroxylation is 3. The lowest BCUT2D eigenvalue weighted by molar-refractivity contribution is 0.0780. The molecule has 0 spiro atoms. The molecule has 8 heteroatoms. The molecule has 0 amide bonds. The predicted molar refractivity (Wildman–Crippen MR) is 171 cm³/mol. The molecule has 1 aromatic heterocycles. The molecule has 1 atom stereocenters. The molecular formula is C35H45N2O5S-. The highest BCUT2D eigenvalue weighted by molar-refractivity contribution is 7.80. The summed E-state index contributed by atoms with van der Waals surface area (Å²) in [6.45, 7) is 11.0. The largest absolute Gasteiger partial charge is 0.755 e. The van der Waals surface area contributed by atoms with Gasteiger partial charge in [-0.2, -0.15) is 0 Å². The van der Waals surface area contributed by atoms with E-state index in [0.717, 1.165) is 96.1 Å². The Bertz CT molecular complexity index is 1510. The zero-order valence-corrected chi connectivity index (χ0v) is 27.1. The summed E-state index contributed by atoms with van der Waals surface area (Å²) in [5.41, 5.74) is 6.12. The fourth-order valence-electron chi connectivity index (χ4n) is 6.69. The molecule has 1 saturated carbocycles. The third-order valence-corrected chi connectivity index (χ3v) is 9.38. The van der Waals surface area contributed by atoms with E-state index < -0.39 is 22.5 Å². The lowest BCUT2D eigenvalue weighted by Crippen LogP contribution is -2.19. The molecule has 3 N–H and O–H groups in total. The van der Waals surface area contributed by atoms with Gasteiger partial charge in [-0.15, -0.1) is 0 Å². The van der Waals surface area contributed by atoms with Crippen LogP contribution in [0.1, 0.15) is 118 Å². The van der Waals surface area contributed by atoms with Crippen LogP contribution in [-0.4, -0.2) is 24.0 Å². The summed E-state index contributed by atoms with van der Waals surface area (Å²) in [5, 5.41) is 21.7. The fraction of sp³-hybridized carbons (Fsp3) is 0.514. The van der Waals surface area contributed by atoms with Crippen LogP contribution in [0.25, 0.3) is 11.1 Å². The number of aromatic nitrogens is 1. The third-order valence-electron chi connectivity index (χ3n) is 9.01. The third kappa shape index (κ3) is 6.83. The van der Waals surface area contributed by atoms with E-state index in [4.69, 9.17) is 9.72 Å². The molecule has 0 aliphatic heterocycles. The van der Waals surface area contributed by atoms with Crippen molar-refractivity contribution in [2.75, 3.05) is 4.72 Å². The normalized spacial score (nSPS) is 17.0. The Morgan fingerprint density at radius 3 is 2.14 bits per heavy atom. The zero-order valence-electron chi connectivity index (χ0n) is 26.3. The standard InChI is InChI=1S/C35H46N2O5S/c1-21-18-25(35(5,6)39)19-22(2)33(21)42-29-17-16-24(34(3,4)38)20-27(29)30-26-14-10-11-15-28(26)36-31(32(30)37-43(40)41)23-12-8-7-9-13-23/h16-20,23,37-39H,7-15H2,1-6H3,(H,40,41)/p-1. The molecule has 43 heavy (non-hydrogen) atoms. The highest BCUT2D eigenvalue weighted by Gasteiger charge is 2.31. The first kappa shape index (κ1) is 31.6. The molecule has 2 aliphatic rings. The van der Waals surface area contributed by atoms with Gasteiger partial charge in [0.15, 0.2) is 0 Å². The number of benzene rings is 2. The minimum Gasteiger partial charge on any atom is -0.755 e. The Morgan fingerprint density at radius 2 is 1.53 bits per heavy atom. The van der Waals surface area contributed by atoms with E-state index in [2.05, 4.69) is 4.72 Å². The van der Waals surface area contributed by atoms with E-state index in [1.165, 1.54) is 6.42 Å². The number of aliphatic hydroxyl groups is 2. The second kappa shape index (κ2) is 12.3. The van der Waals surface area contributed by atoms with Gasteiger partial charge >= 0.3 is 0 Å². The van der Waals surface area contributed by atoms with Gasteiger partial charge in [0.25, 0.3) is 0 Å². The molecule has 2 aromatic carbocycles. The zero-order chi connectivity index (χ0) is 31.1. The number of pyridine rings is 1. The Labute approximate surface area is 258 Å². The van der Waals surface area contributed by atoms with Crippen molar-refractivity contribution in [1.82, 2.24) is 4.98 Å². The summed E-state index contributed by atoms with van der Waals surface area (Å²) in [6.07, 6.45) is 9.00. The van der Waals surface area contributed by atoms with E-state index in [0.29, 0.717) is 22.7 Å². The van der Waals surface area contributed by atoms with E-state index in [-0.39, 0.29) is 5.92 Å². The highest BCUT2D eigenvalue weighted by Crippen LogP contribution is 2.48. The molecule has 0 saturated heterocycles. The molecule has 3 aromatic rings. The number of rotatable bonds is 8. The van der Waals surface area contributed by atoms with Crippen molar-refractivity contribution in [2.45, 2.75) is 116 Å². The summed E-state index contributed by atoms with van der Waals surface area (Å²) >= 11 is -2.56. The van der Waals surface area contributed by atoms with E-state index in [1.807, 2.05) is 44.2 Å². The van der Waals surface area contributed by atoms with Crippen molar-refractivity contribution in [3.63, 3.8) is 0 Å². The predicted octanol–water partition coefficient (Wildman–Crippen LogP) is 7.75. The van der Waals surface area contributed by atoms with Crippen LogP contribution in [0.15, 0.2) is 30.3 Å². The highest BCUT2D eigenvalue weighted by atomic mass is 32.2. The van der Waals surface area contributed by atoms with Gasteiger partial charge in [0, 0.05) is 34.0 Å². The molecule has 1 heterocycles. The lowest BCUT2D eigenvalue weighted by Gasteiger charge is -2.31. The maximum absolute atomic E-state index is 12.3. The van der Waals surface area contributed by atoms with Crippen molar-refractivity contribution in [3.05, 3.63) is 69.5 Å². The maximum atomic E-state index is 12.3.